The Morgan fingerprint density at radius 1 is 0.426 bits per heavy atom. The van der Waals surface area contributed by atoms with Crippen LogP contribution in [-0.4, -0.2) is 19.1 Å². The second kappa shape index (κ2) is 13.3. The second-order valence-corrected chi connectivity index (χ2v) is 22.8. The average molecular weight is 826 g/mol. The molecule has 0 spiro atoms. The predicted molar refractivity (Wildman–Crippen MR) is 266 cm³/mol. The molecule has 1 aromatic heterocycles. The Morgan fingerprint density at radius 2 is 1.07 bits per heavy atom. The second-order valence-electron chi connectivity index (χ2n) is 16.2. The number of para-hydroxylation sites is 1. The monoisotopic (exact) mass is 825 g/mol. The van der Waals surface area contributed by atoms with E-state index in [-0.39, 0.29) is 0 Å². The number of nitrogens with zero attached hydrogens (tertiary/aromatic N) is 2. The van der Waals surface area contributed by atoms with E-state index in [0.717, 1.165) is 27.6 Å². The molecule has 1 unspecified atom stereocenters. The van der Waals surface area contributed by atoms with Crippen LogP contribution in [0.1, 0.15) is 5.56 Å². The van der Waals surface area contributed by atoms with Gasteiger partial charge in [-0.2, -0.15) is 0 Å². The first-order chi connectivity index (χ1) is 30.1. The number of fused-ring (bicyclic) bond motifs is 16. The Hall–Kier alpha value is -6.81. The van der Waals surface area contributed by atoms with Gasteiger partial charge in [0.1, 0.15) is 0 Å². The van der Waals surface area contributed by atoms with Gasteiger partial charge in [-0.15, -0.1) is 0 Å². The van der Waals surface area contributed by atoms with Crippen molar-refractivity contribution in [3.63, 3.8) is 0 Å². The van der Waals surface area contributed by atoms with Gasteiger partial charge in [0.15, 0.2) is 8.80 Å². The first-order valence-corrected chi connectivity index (χ1v) is 25.0. The number of hydrogen-bond donors (Lipinski definition) is 0. The molecule has 1 atom stereocenters. The van der Waals surface area contributed by atoms with Gasteiger partial charge in [0.2, 0.25) is 0 Å². The van der Waals surface area contributed by atoms with Crippen LogP contribution >= 0.6 is 6.04 Å². The summed E-state index contributed by atoms with van der Waals surface area (Å²) < 4.78 is 0. The van der Waals surface area contributed by atoms with Crippen LogP contribution in [0.15, 0.2) is 211 Å². The van der Waals surface area contributed by atoms with Crippen molar-refractivity contribution in [2.45, 2.75) is 0 Å². The molecule has 0 amide bonds. The van der Waals surface area contributed by atoms with Gasteiger partial charge in [-0.3, -0.25) is 9.98 Å². The molecular weight excluding hydrogens is 792 g/mol. The van der Waals surface area contributed by atoms with Crippen molar-refractivity contribution in [3.05, 3.63) is 212 Å². The summed E-state index contributed by atoms with van der Waals surface area (Å²) in [6.07, 6.45) is 2.07. The molecule has 0 saturated carbocycles. The lowest BCUT2D eigenvalue weighted by Gasteiger charge is -2.27. The Balaban J connectivity index is 0.980. The van der Waals surface area contributed by atoms with Gasteiger partial charge in [-0.05, 0) is 123 Å². The topological polar surface area (TPSA) is 25.2 Å². The molecule has 2 aliphatic heterocycles. The highest BCUT2D eigenvalue weighted by atomic mass is 32.4. The van der Waals surface area contributed by atoms with Crippen molar-refractivity contribution in [1.82, 2.24) is 4.98 Å². The molecule has 3 heterocycles. The zero-order chi connectivity index (χ0) is 40.2. The van der Waals surface area contributed by atoms with E-state index in [9.17, 15) is 0 Å². The summed E-state index contributed by atoms with van der Waals surface area (Å²) in [6.45, 7) is 0. The fourth-order valence-corrected chi connectivity index (χ4v) is 17.1. The minimum atomic E-state index is -2.67. The standard InChI is InChI=1S/C56H34N2PSSi/c60-59(40-26-23-36-22-21-35-11-1-3-13-42(35)50(36)33-40,53-32-37-12-2-4-14-43(37)45-15-5-7-17-47(45)53)41-27-30-51(57-34-41)39-25-28-44-38(31-39)24-29-48-46-16-6-8-18-49(46)56-58-52-19-9-10-20-54(52)61(56)55(44)48/h1-34H. The van der Waals surface area contributed by atoms with Gasteiger partial charge in [-0.1, -0.05) is 176 Å². The first-order valence-electron chi connectivity index (χ1n) is 20.7. The predicted octanol–water partition coefficient (Wildman–Crippen LogP) is 11.5. The molecular formula is C56H34N2PSSi. The highest BCUT2D eigenvalue weighted by molar-refractivity contribution is 8.25. The molecule has 1 radical (unpaired) electrons. The van der Waals surface area contributed by atoms with Gasteiger partial charge < -0.3 is 0 Å². The summed E-state index contributed by atoms with van der Waals surface area (Å²) >= 11 is 7.21. The molecule has 0 saturated heterocycles. The third-order valence-electron chi connectivity index (χ3n) is 13.0. The molecule has 0 fully saturated rings. The summed E-state index contributed by atoms with van der Waals surface area (Å²) in [7, 11) is -1.28. The number of pyridine rings is 1. The molecule has 0 bridgehead atoms. The van der Waals surface area contributed by atoms with Crippen LogP contribution in [0.3, 0.4) is 0 Å². The minimum Gasteiger partial charge on any atom is -0.257 e. The highest BCUT2D eigenvalue weighted by Gasteiger charge is 2.39. The van der Waals surface area contributed by atoms with Crippen molar-refractivity contribution in [3.8, 4) is 22.4 Å². The molecule has 61 heavy (non-hydrogen) atoms. The van der Waals surface area contributed by atoms with E-state index in [1.54, 1.807) is 0 Å². The minimum absolute atomic E-state index is 0.936. The fraction of sp³-hybridized carbons (Fsp3) is 0. The van der Waals surface area contributed by atoms with Crippen LogP contribution in [0.25, 0.3) is 76.2 Å². The largest absolute Gasteiger partial charge is 0.257 e. The molecule has 5 heteroatoms. The summed E-state index contributed by atoms with van der Waals surface area (Å²) in [5.74, 6) is 0. The van der Waals surface area contributed by atoms with Crippen LogP contribution in [0.2, 0.25) is 0 Å². The summed E-state index contributed by atoms with van der Waals surface area (Å²) in [5, 5.41) is 19.8. The molecule has 10 aromatic carbocycles. The Kier molecular flexibility index (Phi) is 7.65. The lowest BCUT2D eigenvalue weighted by atomic mass is 9.95. The van der Waals surface area contributed by atoms with Crippen molar-refractivity contribution in [1.29, 1.82) is 0 Å². The van der Waals surface area contributed by atoms with Gasteiger partial charge >= 0.3 is 0 Å². The quantitative estimate of drug-likeness (QED) is 0.100. The van der Waals surface area contributed by atoms with Gasteiger partial charge in [-0.25, -0.2) is 0 Å². The zero-order valence-electron chi connectivity index (χ0n) is 32.9. The molecule has 0 aliphatic carbocycles. The van der Waals surface area contributed by atoms with Crippen LogP contribution in [0, 0.1) is 0 Å². The van der Waals surface area contributed by atoms with E-state index in [0.29, 0.717) is 0 Å². The van der Waals surface area contributed by atoms with Gasteiger partial charge in [0.05, 0.1) is 11.4 Å². The SMILES string of the molecule is S=P(c1ccc(-c2ccc3c4c(ccc3c2)-c2ccccc2C2=Nc3ccccc3[Si]24)nc1)(c1ccc2ccc3ccccc3c2c1)c1cc2ccccc2c2ccccc12. The third-order valence-corrected chi connectivity index (χ3v) is 20.7. The number of rotatable bonds is 4. The summed E-state index contributed by atoms with van der Waals surface area (Å²) in [4.78, 5) is 10.5. The first kappa shape index (κ1) is 35.0. The molecule has 0 N–H and O–H groups in total. The summed E-state index contributed by atoms with van der Waals surface area (Å²) in [5.41, 5.74) is 7.02. The number of hydrogen-bond acceptors (Lipinski definition) is 3. The van der Waals surface area contributed by atoms with Crippen molar-refractivity contribution in [2.75, 3.05) is 0 Å². The fourth-order valence-electron chi connectivity index (χ4n) is 10.1. The maximum absolute atomic E-state index is 7.21. The van der Waals surface area contributed by atoms with Crippen molar-refractivity contribution < 1.29 is 0 Å². The van der Waals surface area contributed by atoms with Crippen LogP contribution in [-0.2, 0) is 11.8 Å². The maximum Gasteiger partial charge on any atom is 0.184 e. The Bertz CT molecular complexity index is 3760. The Morgan fingerprint density at radius 3 is 1.90 bits per heavy atom. The summed E-state index contributed by atoms with van der Waals surface area (Å²) in [6, 6.07) is 70.7. The van der Waals surface area contributed by atoms with E-state index in [4.69, 9.17) is 21.8 Å². The van der Waals surface area contributed by atoms with E-state index < -0.39 is 14.8 Å². The van der Waals surface area contributed by atoms with E-state index in [2.05, 4.69) is 206 Å². The van der Waals surface area contributed by atoms with Gasteiger partial charge in [0.25, 0.3) is 0 Å². The normalized spacial score (nSPS) is 14.1. The third kappa shape index (κ3) is 5.17. The van der Waals surface area contributed by atoms with Gasteiger partial charge in [0, 0.05) is 33.7 Å². The maximum atomic E-state index is 7.21. The number of aliphatic imine (C=N–C) groups is 1. The Labute approximate surface area is 360 Å². The van der Waals surface area contributed by atoms with E-state index in [1.165, 1.54) is 91.6 Å². The van der Waals surface area contributed by atoms with Crippen LogP contribution in [0.5, 0.6) is 0 Å². The average Bonchev–Trinajstić information content (AvgIpc) is 3.73. The van der Waals surface area contributed by atoms with Crippen molar-refractivity contribution >= 4 is 118 Å². The van der Waals surface area contributed by atoms with Crippen LogP contribution < -0.4 is 26.3 Å². The lowest BCUT2D eigenvalue weighted by molar-refractivity contribution is 1.35. The smallest absolute Gasteiger partial charge is 0.184 e. The molecule has 2 nitrogen and oxygen atoms in total. The van der Waals surface area contributed by atoms with Crippen molar-refractivity contribution in [2.24, 2.45) is 4.99 Å². The lowest BCUT2D eigenvalue weighted by Crippen LogP contribution is -2.50. The highest BCUT2D eigenvalue weighted by Crippen LogP contribution is 2.47. The number of benzene rings is 10. The molecule has 13 rings (SSSR count). The van der Waals surface area contributed by atoms with Crippen LogP contribution in [0.4, 0.5) is 5.69 Å². The molecule has 2 aliphatic rings. The van der Waals surface area contributed by atoms with E-state index >= 15 is 0 Å². The molecule has 283 valence electrons. The number of aromatic nitrogens is 1. The van der Waals surface area contributed by atoms with E-state index in [1.807, 2.05) is 0 Å². The zero-order valence-corrected chi connectivity index (χ0v) is 35.6. The molecule has 11 aromatic rings.